The Morgan fingerprint density at radius 2 is 1.79 bits per heavy atom. The number of pyridine rings is 1. The van der Waals surface area contributed by atoms with Crippen LogP contribution in [0.3, 0.4) is 0 Å². The highest BCUT2D eigenvalue weighted by atomic mass is 79.9. The van der Waals surface area contributed by atoms with Crippen molar-refractivity contribution in [1.29, 1.82) is 0 Å². The molecule has 0 saturated carbocycles. The first-order chi connectivity index (χ1) is 9.33. The smallest absolute Gasteiger partial charge is 0.0450 e. The van der Waals surface area contributed by atoms with Crippen LogP contribution in [-0.4, -0.2) is 4.98 Å². The fraction of sp³-hybridized carbons (Fsp3) is 0.118. The summed E-state index contributed by atoms with van der Waals surface area (Å²) in [6.45, 7) is 0. The predicted molar refractivity (Wildman–Crippen MR) is 83.6 cm³/mol. The lowest BCUT2D eigenvalue weighted by Crippen LogP contribution is -1.95. The molecule has 2 aromatic carbocycles. The van der Waals surface area contributed by atoms with Gasteiger partial charge in [0.15, 0.2) is 0 Å². The van der Waals surface area contributed by atoms with Crippen molar-refractivity contribution in [2.45, 2.75) is 11.2 Å². The summed E-state index contributed by atoms with van der Waals surface area (Å²) in [7, 11) is 0. The van der Waals surface area contributed by atoms with Crippen LogP contribution in [0.1, 0.15) is 16.0 Å². The maximum atomic E-state index is 4.17. The molecule has 1 unspecified atom stereocenters. The van der Waals surface area contributed by atoms with E-state index in [0.29, 0.717) is 4.83 Å². The first-order valence-electron chi connectivity index (χ1n) is 6.34. The van der Waals surface area contributed by atoms with E-state index in [1.807, 2.05) is 12.3 Å². The van der Waals surface area contributed by atoms with Crippen molar-refractivity contribution in [2.24, 2.45) is 0 Å². The van der Waals surface area contributed by atoms with Gasteiger partial charge in [-0.05, 0) is 34.4 Å². The molecule has 0 aliphatic rings. The minimum Gasteiger partial charge on any atom is -0.264 e. The van der Waals surface area contributed by atoms with Crippen molar-refractivity contribution in [1.82, 2.24) is 4.98 Å². The molecule has 0 fully saturated rings. The summed E-state index contributed by atoms with van der Waals surface area (Å²) in [4.78, 5) is 4.48. The molecule has 1 heterocycles. The highest BCUT2D eigenvalue weighted by Crippen LogP contribution is 2.27. The molecule has 0 amide bonds. The number of fused-ring (bicyclic) bond motifs is 1. The van der Waals surface area contributed by atoms with Crippen molar-refractivity contribution in [3.63, 3.8) is 0 Å². The molecule has 0 aliphatic heterocycles. The number of aromatic nitrogens is 1. The fourth-order valence-corrected chi connectivity index (χ4v) is 2.90. The summed E-state index contributed by atoms with van der Waals surface area (Å²) in [6.07, 6.45) is 4.69. The monoisotopic (exact) mass is 311 g/mol. The Bertz CT molecular complexity index is 679. The summed E-state index contributed by atoms with van der Waals surface area (Å²) >= 11 is 3.75. The van der Waals surface area contributed by atoms with Gasteiger partial charge in [0.25, 0.3) is 0 Å². The molecule has 1 atom stereocenters. The Morgan fingerprint density at radius 1 is 0.947 bits per heavy atom. The van der Waals surface area contributed by atoms with E-state index in [9.17, 15) is 0 Å². The third kappa shape index (κ3) is 2.85. The topological polar surface area (TPSA) is 12.9 Å². The van der Waals surface area contributed by atoms with Gasteiger partial charge in [0.1, 0.15) is 0 Å². The normalized spacial score (nSPS) is 12.5. The van der Waals surface area contributed by atoms with Gasteiger partial charge in [-0.15, -0.1) is 0 Å². The van der Waals surface area contributed by atoms with E-state index in [1.165, 1.54) is 21.9 Å². The standard InChI is InChI=1S/C17H14BrN/c18-17(16-6-3-9-19-12-16)11-13-7-8-14-4-1-2-5-15(14)10-13/h1-10,12,17H,11H2. The van der Waals surface area contributed by atoms with Crippen molar-refractivity contribution in [3.8, 4) is 0 Å². The molecule has 0 bridgehead atoms. The fourth-order valence-electron chi connectivity index (χ4n) is 2.25. The SMILES string of the molecule is BrC(Cc1ccc2ccccc2c1)c1cccnc1. The van der Waals surface area contributed by atoms with Crippen LogP contribution in [0.15, 0.2) is 67.0 Å². The molecule has 0 spiro atoms. The van der Waals surface area contributed by atoms with Crippen LogP contribution in [0, 0.1) is 0 Å². The Morgan fingerprint density at radius 3 is 2.58 bits per heavy atom. The van der Waals surface area contributed by atoms with E-state index in [2.05, 4.69) is 69.4 Å². The van der Waals surface area contributed by atoms with Gasteiger partial charge in [0.2, 0.25) is 0 Å². The lowest BCUT2D eigenvalue weighted by atomic mass is 10.0. The third-order valence-electron chi connectivity index (χ3n) is 3.27. The lowest BCUT2D eigenvalue weighted by Gasteiger charge is -2.10. The number of halogens is 1. The van der Waals surface area contributed by atoms with E-state index in [-0.39, 0.29) is 0 Å². The van der Waals surface area contributed by atoms with Gasteiger partial charge in [-0.2, -0.15) is 0 Å². The molecular formula is C17H14BrN. The Kier molecular flexibility index (Phi) is 3.60. The molecule has 94 valence electrons. The number of benzene rings is 2. The molecule has 3 aromatic rings. The average molecular weight is 312 g/mol. The minimum atomic E-state index is 0.308. The van der Waals surface area contributed by atoms with Crippen molar-refractivity contribution in [2.75, 3.05) is 0 Å². The Balaban J connectivity index is 1.85. The van der Waals surface area contributed by atoms with Crippen LogP contribution < -0.4 is 0 Å². The van der Waals surface area contributed by atoms with Crippen molar-refractivity contribution in [3.05, 3.63) is 78.1 Å². The maximum absolute atomic E-state index is 4.17. The van der Waals surface area contributed by atoms with Crippen LogP contribution in [0.5, 0.6) is 0 Å². The number of rotatable bonds is 3. The van der Waals surface area contributed by atoms with Crippen LogP contribution >= 0.6 is 15.9 Å². The van der Waals surface area contributed by atoms with Crippen LogP contribution in [0.2, 0.25) is 0 Å². The summed E-state index contributed by atoms with van der Waals surface area (Å²) in [5.41, 5.74) is 2.56. The second kappa shape index (κ2) is 5.54. The van der Waals surface area contributed by atoms with Crippen LogP contribution in [0.4, 0.5) is 0 Å². The first-order valence-corrected chi connectivity index (χ1v) is 7.26. The Labute approximate surface area is 121 Å². The molecule has 1 aromatic heterocycles. The highest BCUT2D eigenvalue weighted by Gasteiger charge is 2.08. The maximum Gasteiger partial charge on any atom is 0.0450 e. The van der Waals surface area contributed by atoms with Crippen LogP contribution in [0.25, 0.3) is 10.8 Å². The second-order valence-electron chi connectivity index (χ2n) is 4.64. The number of nitrogens with zero attached hydrogens (tertiary/aromatic N) is 1. The van der Waals surface area contributed by atoms with Gasteiger partial charge in [0.05, 0.1) is 0 Å². The molecule has 1 nitrogen and oxygen atoms in total. The second-order valence-corrected chi connectivity index (χ2v) is 5.74. The van der Waals surface area contributed by atoms with Crippen molar-refractivity contribution >= 4 is 26.7 Å². The van der Waals surface area contributed by atoms with Gasteiger partial charge in [-0.3, -0.25) is 4.98 Å². The summed E-state index contributed by atoms with van der Waals surface area (Å²) in [5.74, 6) is 0. The predicted octanol–water partition coefficient (Wildman–Crippen LogP) is 4.91. The summed E-state index contributed by atoms with van der Waals surface area (Å²) < 4.78 is 0. The van der Waals surface area contributed by atoms with E-state index in [0.717, 1.165) is 6.42 Å². The molecule has 2 heteroatoms. The Hall–Kier alpha value is -1.67. The van der Waals surface area contributed by atoms with Gasteiger partial charge in [0, 0.05) is 17.2 Å². The zero-order chi connectivity index (χ0) is 13.1. The van der Waals surface area contributed by atoms with Crippen LogP contribution in [-0.2, 0) is 6.42 Å². The quantitative estimate of drug-likeness (QED) is 0.626. The van der Waals surface area contributed by atoms with Crippen molar-refractivity contribution < 1.29 is 0 Å². The third-order valence-corrected chi connectivity index (χ3v) is 4.13. The van der Waals surface area contributed by atoms with E-state index < -0.39 is 0 Å². The highest BCUT2D eigenvalue weighted by molar-refractivity contribution is 9.09. The molecule has 0 radical (unpaired) electrons. The van der Waals surface area contributed by atoms with Gasteiger partial charge < -0.3 is 0 Å². The average Bonchev–Trinajstić information content (AvgIpc) is 2.48. The number of hydrogen-bond donors (Lipinski definition) is 0. The van der Waals surface area contributed by atoms with Gasteiger partial charge in [-0.1, -0.05) is 64.5 Å². The van der Waals surface area contributed by atoms with Gasteiger partial charge in [-0.25, -0.2) is 0 Å². The molecule has 19 heavy (non-hydrogen) atoms. The first kappa shape index (κ1) is 12.4. The van der Waals surface area contributed by atoms with E-state index in [1.54, 1.807) is 6.20 Å². The molecule has 0 N–H and O–H groups in total. The minimum absolute atomic E-state index is 0.308. The largest absolute Gasteiger partial charge is 0.264 e. The number of hydrogen-bond acceptors (Lipinski definition) is 1. The summed E-state index contributed by atoms with van der Waals surface area (Å²) in [5, 5.41) is 2.59. The van der Waals surface area contributed by atoms with Gasteiger partial charge >= 0.3 is 0 Å². The molecule has 3 rings (SSSR count). The van der Waals surface area contributed by atoms with E-state index >= 15 is 0 Å². The lowest BCUT2D eigenvalue weighted by molar-refractivity contribution is 0.941. The zero-order valence-electron chi connectivity index (χ0n) is 10.5. The molecular weight excluding hydrogens is 298 g/mol. The van der Waals surface area contributed by atoms with E-state index in [4.69, 9.17) is 0 Å². The molecule has 0 aliphatic carbocycles. The number of alkyl halides is 1. The zero-order valence-corrected chi connectivity index (χ0v) is 12.0. The molecule has 0 saturated heterocycles. The summed E-state index contributed by atoms with van der Waals surface area (Å²) in [6, 6.07) is 19.2.